The highest BCUT2D eigenvalue weighted by atomic mass is 35.5. The Morgan fingerprint density at radius 3 is 2.55 bits per heavy atom. The molecule has 3 rings (SSSR count). The van der Waals surface area contributed by atoms with Crippen LogP contribution in [-0.4, -0.2) is 12.3 Å². The van der Waals surface area contributed by atoms with Gasteiger partial charge in [-0.2, -0.15) is 5.06 Å². The molecule has 20 heavy (non-hydrogen) atoms. The maximum absolute atomic E-state index is 13.8. The van der Waals surface area contributed by atoms with Gasteiger partial charge in [0.25, 0.3) is 0 Å². The Kier molecular flexibility index (Phi) is 3.06. The fourth-order valence-electron chi connectivity index (χ4n) is 2.06. The van der Waals surface area contributed by atoms with E-state index in [0.29, 0.717) is 0 Å². The van der Waals surface area contributed by atoms with Crippen LogP contribution in [0.1, 0.15) is 10.4 Å². The molecule has 0 aromatic heterocycles. The highest BCUT2D eigenvalue weighted by Crippen LogP contribution is 2.34. The molecule has 0 N–H and O–H groups in total. The van der Waals surface area contributed by atoms with E-state index in [9.17, 15) is 13.6 Å². The summed E-state index contributed by atoms with van der Waals surface area (Å²) in [7, 11) is 0. The summed E-state index contributed by atoms with van der Waals surface area (Å²) < 4.78 is 27.4. The monoisotopic (exact) mass is 295 g/mol. The van der Waals surface area contributed by atoms with E-state index in [1.807, 2.05) is 0 Å². The number of nitrogens with zero attached hydrogens (tertiary/aromatic N) is 1. The van der Waals surface area contributed by atoms with E-state index >= 15 is 0 Å². The van der Waals surface area contributed by atoms with Gasteiger partial charge in [-0.1, -0.05) is 23.7 Å². The van der Waals surface area contributed by atoms with E-state index in [1.165, 1.54) is 36.4 Å². The summed E-state index contributed by atoms with van der Waals surface area (Å²) in [6.07, 6.45) is 0. The summed E-state index contributed by atoms with van der Waals surface area (Å²) in [4.78, 5) is 17.4. The van der Waals surface area contributed by atoms with Crippen LogP contribution in [0.25, 0.3) is 0 Å². The summed E-state index contributed by atoms with van der Waals surface area (Å²) in [6.45, 7) is -0.311. The smallest absolute Gasteiger partial charge is 0.192 e. The second-order valence-corrected chi connectivity index (χ2v) is 4.64. The number of carbonyl (C=O) groups is 1. The molecule has 0 spiro atoms. The van der Waals surface area contributed by atoms with Crippen LogP contribution in [-0.2, 0) is 0 Å². The molecule has 1 aliphatic rings. The van der Waals surface area contributed by atoms with Crippen LogP contribution in [0.4, 0.5) is 14.5 Å². The Bertz CT molecular complexity index is 685. The molecule has 6 heteroatoms. The molecule has 0 amide bonds. The molecule has 0 atom stereocenters. The van der Waals surface area contributed by atoms with E-state index in [4.69, 9.17) is 16.4 Å². The van der Waals surface area contributed by atoms with Gasteiger partial charge < -0.3 is 4.84 Å². The van der Waals surface area contributed by atoms with Crippen molar-refractivity contribution in [2.24, 2.45) is 0 Å². The van der Waals surface area contributed by atoms with Gasteiger partial charge in [0.15, 0.2) is 17.3 Å². The van der Waals surface area contributed by atoms with Gasteiger partial charge in [0.05, 0.1) is 5.02 Å². The SMILES string of the molecule is O=C1CN(c2c(F)cccc2Cl)Oc2cccc(F)c21. The molecule has 2 aromatic carbocycles. The predicted molar refractivity (Wildman–Crippen MR) is 70.1 cm³/mol. The van der Waals surface area contributed by atoms with Crippen molar-refractivity contribution in [2.75, 3.05) is 11.6 Å². The molecule has 0 unspecified atom stereocenters. The van der Waals surface area contributed by atoms with Gasteiger partial charge >= 0.3 is 0 Å². The van der Waals surface area contributed by atoms with Crippen molar-refractivity contribution in [3.8, 4) is 5.75 Å². The third-order valence-electron chi connectivity index (χ3n) is 2.94. The zero-order valence-electron chi connectivity index (χ0n) is 10.1. The van der Waals surface area contributed by atoms with E-state index in [-0.39, 0.29) is 28.6 Å². The lowest BCUT2D eigenvalue weighted by atomic mass is 10.1. The number of anilines is 1. The minimum atomic E-state index is -0.660. The summed E-state index contributed by atoms with van der Waals surface area (Å²) in [6, 6.07) is 8.16. The fourth-order valence-corrected chi connectivity index (χ4v) is 2.32. The first-order valence-electron chi connectivity index (χ1n) is 5.79. The van der Waals surface area contributed by atoms with E-state index in [0.717, 1.165) is 5.06 Å². The maximum atomic E-state index is 13.8. The lowest BCUT2D eigenvalue weighted by molar-refractivity contribution is 0.0935. The molecular weight excluding hydrogens is 288 g/mol. The van der Waals surface area contributed by atoms with Gasteiger partial charge in [-0.05, 0) is 24.3 Å². The number of benzene rings is 2. The number of halogens is 3. The molecular formula is C14H8ClF2NO2. The average molecular weight is 296 g/mol. The Hall–Kier alpha value is -2.14. The molecule has 0 fully saturated rings. The van der Waals surface area contributed by atoms with Crippen molar-refractivity contribution in [3.05, 3.63) is 58.6 Å². The average Bonchev–Trinajstić information content (AvgIpc) is 2.38. The minimum absolute atomic E-state index is 0.0422. The number of carbonyl (C=O) groups excluding carboxylic acids is 1. The van der Waals surface area contributed by atoms with E-state index in [1.54, 1.807) is 0 Å². The predicted octanol–water partition coefficient (Wildman–Crippen LogP) is 3.61. The minimum Gasteiger partial charge on any atom is -0.378 e. The highest BCUT2D eigenvalue weighted by molar-refractivity contribution is 6.33. The van der Waals surface area contributed by atoms with Crippen molar-refractivity contribution in [1.29, 1.82) is 0 Å². The van der Waals surface area contributed by atoms with E-state index < -0.39 is 17.4 Å². The largest absolute Gasteiger partial charge is 0.378 e. The van der Waals surface area contributed by atoms with Crippen molar-refractivity contribution >= 4 is 23.1 Å². The van der Waals surface area contributed by atoms with Gasteiger partial charge in [0.2, 0.25) is 0 Å². The van der Waals surface area contributed by atoms with Gasteiger partial charge in [-0.3, -0.25) is 4.79 Å². The highest BCUT2D eigenvalue weighted by Gasteiger charge is 2.30. The van der Waals surface area contributed by atoms with Gasteiger partial charge in [0, 0.05) is 0 Å². The van der Waals surface area contributed by atoms with Gasteiger partial charge in [-0.15, -0.1) is 0 Å². The van der Waals surface area contributed by atoms with Crippen molar-refractivity contribution in [1.82, 2.24) is 0 Å². The van der Waals surface area contributed by atoms with Crippen molar-refractivity contribution in [2.45, 2.75) is 0 Å². The first-order chi connectivity index (χ1) is 9.58. The number of para-hydroxylation sites is 1. The summed E-state index contributed by atoms with van der Waals surface area (Å²) in [5.41, 5.74) is -0.173. The Morgan fingerprint density at radius 2 is 1.80 bits per heavy atom. The Morgan fingerprint density at radius 1 is 1.10 bits per heavy atom. The molecule has 3 nitrogen and oxygen atoms in total. The number of hydrogen-bond acceptors (Lipinski definition) is 3. The molecule has 2 aromatic rings. The number of hydroxylamine groups is 1. The van der Waals surface area contributed by atoms with Crippen molar-refractivity contribution < 1.29 is 18.4 Å². The van der Waals surface area contributed by atoms with Crippen LogP contribution in [0.2, 0.25) is 5.02 Å². The number of rotatable bonds is 1. The standard InChI is InChI=1S/C14H8ClF2NO2/c15-8-3-1-5-10(17)14(8)18-7-11(19)13-9(16)4-2-6-12(13)20-18/h1-6H,7H2. The molecule has 0 saturated heterocycles. The fraction of sp³-hybridized carbons (Fsp3) is 0.0714. The van der Waals surface area contributed by atoms with E-state index in [2.05, 4.69) is 0 Å². The van der Waals surface area contributed by atoms with Gasteiger partial charge in [0.1, 0.15) is 23.6 Å². The normalized spacial score (nSPS) is 13.9. The second-order valence-electron chi connectivity index (χ2n) is 4.23. The number of hydrogen-bond donors (Lipinski definition) is 0. The third-order valence-corrected chi connectivity index (χ3v) is 3.24. The molecule has 1 heterocycles. The number of fused-ring (bicyclic) bond motifs is 1. The summed E-state index contributed by atoms with van der Waals surface area (Å²) in [5, 5.41) is 1.14. The molecule has 1 aliphatic heterocycles. The zero-order valence-corrected chi connectivity index (χ0v) is 10.8. The summed E-state index contributed by atoms with van der Waals surface area (Å²) >= 11 is 5.92. The second kappa shape index (κ2) is 4.76. The third kappa shape index (κ3) is 2.00. The van der Waals surface area contributed by atoms with Crippen LogP contribution in [0.15, 0.2) is 36.4 Å². The first kappa shape index (κ1) is 12.9. The topological polar surface area (TPSA) is 29.5 Å². The lowest BCUT2D eigenvalue weighted by Gasteiger charge is -2.29. The number of Topliss-reactive ketones (excluding diaryl/α,β-unsaturated/α-hetero) is 1. The maximum Gasteiger partial charge on any atom is 0.192 e. The van der Waals surface area contributed by atoms with Crippen LogP contribution >= 0.6 is 11.6 Å². The zero-order chi connectivity index (χ0) is 14.3. The van der Waals surface area contributed by atoms with Crippen LogP contribution in [0.5, 0.6) is 5.75 Å². The molecule has 0 aliphatic carbocycles. The molecule has 102 valence electrons. The Balaban J connectivity index is 2.06. The molecule has 0 radical (unpaired) electrons. The quantitative estimate of drug-likeness (QED) is 0.805. The van der Waals surface area contributed by atoms with Crippen molar-refractivity contribution in [3.63, 3.8) is 0 Å². The number of ketones is 1. The van der Waals surface area contributed by atoms with Crippen LogP contribution < -0.4 is 9.90 Å². The van der Waals surface area contributed by atoms with Crippen LogP contribution in [0.3, 0.4) is 0 Å². The molecule has 0 saturated carbocycles. The summed E-state index contributed by atoms with van der Waals surface area (Å²) in [5.74, 6) is -1.74. The first-order valence-corrected chi connectivity index (χ1v) is 6.17. The molecule has 0 bridgehead atoms. The lowest BCUT2D eigenvalue weighted by Crippen LogP contribution is -2.39. The van der Waals surface area contributed by atoms with Gasteiger partial charge in [-0.25, -0.2) is 8.78 Å². The van der Waals surface area contributed by atoms with Crippen LogP contribution in [0, 0.1) is 11.6 Å². The Labute approximate surface area is 118 Å².